The van der Waals surface area contributed by atoms with E-state index in [1.807, 2.05) is 24.3 Å². The molecule has 1 atom stereocenters. The van der Waals surface area contributed by atoms with Gasteiger partial charge in [-0.25, -0.2) is 13.1 Å². The number of sulfonamides is 1. The first-order valence-corrected chi connectivity index (χ1v) is 9.32. The van der Waals surface area contributed by atoms with Crippen molar-refractivity contribution in [3.8, 4) is 6.07 Å². The van der Waals surface area contributed by atoms with E-state index < -0.39 is 10.0 Å². The standard InChI is InChI=1S/C18H19N3O2S/c1-13-5-4-8-18(16(13)11-19)24(22,23)21-12-17-15-7-3-2-6-14(15)9-10-20-17/h2-8,17,20-21H,9-10,12H2,1H3. The summed E-state index contributed by atoms with van der Waals surface area (Å²) in [6.07, 6.45) is 0.940. The van der Waals surface area contributed by atoms with E-state index in [9.17, 15) is 13.7 Å². The van der Waals surface area contributed by atoms with Gasteiger partial charge in [0.25, 0.3) is 0 Å². The van der Waals surface area contributed by atoms with Gasteiger partial charge in [0.1, 0.15) is 6.07 Å². The topological polar surface area (TPSA) is 82.0 Å². The van der Waals surface area contributed by atoms with Gasteiger partial charge in [-0.05, 0) is 42.6 Å². The first kappa shape index (κ1) is 16.7. The molecule has 1 unspecified atom stereocenters. The fourth-order valence-electron chi connectivity index (χ4n) is 3.05. The molecule has 1 aliphatic rings. The molecule has 0 bridgehead atoms. The van der Waals surface area contributed by atoms with Crippen molar-refractivity contribution < 1.29 is 8.42 Å². The summed E-state index contributed by atoms with van der Waals surface area (Å²) in [5.74, 6) is 0. The number of rotatable bonds is 4. The highest BCUT2D eigenvalue weighted by Crippen LogP contribution is 2.23. The normalized spacial score (nSPS) is 17.1. The van der Waals surface area contributed by atoms with Crippen LogP contribution in [0, 0.1) is 18.3 Å². The van der Waals surface area contributed by atoms with Crippen molar-refractivity contribution in [1.82, 2.24) is 10.0 Å². The van der Waals surface area contributed by atoms with Crippen LogP contribution in [0.15, 0.2) is 47.4 Å². The fraction of sp³-hybridized carbons (Fsp3) is 0.278. The Hall–Kier alpha value is -2.20. The van der Waals surface area contributed by atoms with Crippen LogP contribution in [0.3, 0.4) is 0 Å². The summed E-state index contributed by atoms with van der Waals surface area (Å²) in [7, 11) is -3.74. The Morgan fingerprint density at radius 2 is 2.04 bits per heavy atom. The molecule has 0 saturated carbocycles. The molecule has 5 nitrogen and oxygen atoms in total. The van der Waals surface area contributed by atoms with E-state index in [0.29, 0.717) is 5.56 Å². The van der Waals surface area contributed by atoms with Gasteiger partial charge in [-0.2, -0.15) is 5.26 Å². The zero-order valence-electron chi connectivity index (χ0n) is 13.4. The lowest BCUT2D eigenvalue weighted by atomic mass is 9.95. The van der Waals surface area contributed by atoms with E-state index in [0.717, 1.165) is 18.5 Å². The lowest BCUT2D eigenvalue weighted by Crippen LogP contribution is -2.39. The lowest BCUT2D eigenvalue weighted by Gasteiger charge is -2.27. The maximum Gasteiger partial charge on any atom is 0.241 e. The van der Waals surface area contributed by atoms with Gasteiger partial charge < -0.3 is 5.32 Å². The van der Waals surface area contributed by atoms with Gasteiger partial charge in [0.2, 0.25) is 10.0 Å². The zero-order chi connectivity index (χ0) is 17.2. The van der Waals surface area contributed by atoms with Crippen LogP contribution in [0.5, 0.6) is 0 Å². The molecule has 0 fully saturated rings. The SMILES string of the molecule is Cc1cccc(S(=O)(=O)NCC2NCCc3ccccc32)c1C#N. The number of nitrogens with one attached hydrogen (secondary N) is 2. The van der Waals surface area contributed by atoms with Crippen LogP contribution in [0.25, 0.3) is 0 Å². The van der Waals surface area contributed by atoms with Crippen LogP contribution in [0.4, 0.5) is 0 Å². The molecule has 0 aromatic heterocycles. The van der Waals surface area contributed by atoms with Crippen molar-refractivity contribution >= 4 is 10.0 Å². The number of hydrogen-bond donors (Lipinski definition) is 2. The van der Waals surface area contributed by atoms with Crippen LogP contribution in [0.1, 0.15) is 28.3 Å². The smallest absolute Gasteiger partial charge is 0.241 e. The third kappa shape index (κ3) is 3.20. The Morgan fingerprint density at radius 1 is 1.25 bits per heavy atom. The van der Waals surface area contributed by atoms with E-state index in [2.05, 4.69) is 16.1 Å². The summed E-state index contributed by atoms with van der Waals surface area (Å²) in [5.41, 5.74) is 3.22. The van der Waals surface area contributed by atoms with Crippen molar-refractivity contribution in [2.24, 2.45) is 0 Å². The highest BCUT2D eigenvalue weighted by molar-refractivity contribution is 7.89. The Kier molecular flexibility index (Phi) is 4.67. The van der Waals surface area contributed by atoms with Crippen molar-refractivity contribution in [2.45, 2.75) is 24.3 Å². The summed E-state index contributed by atoms with van der Waals surface area (Å²) in [6, 6.07) is 14.8. The average molecular weight is 341 g/mol. The van der Waals surface area contributed by atoms with Crippen molar-refractivity contribution in [1.29, 1.82) is 5.26 Å². The summed E-state index contributed by atoms with van der Waals surface area (Å²) >= 11 is 0. The number of nitrogens with zero attached hydrogens (tertiary/aromatic N) is 1. The molecule has 6 heteroatoms. The van der Waals surface area contributed by atoms with Gasteiger partial charge in [-0.15, -0.1) is 0 Å². The van der Waals surface area contributed by atoms with E-state index in [1.165, 1.54) is 11.6 Å². The van der Waals surface area contributed by atoms with Crippen molar-refractivity contribution in [2.75, 3.05) is 13.1 Å². The summed E-state index contributed by atoms with van der Waals surface area (Å²) in [6.45, 7) is 2.80. The Labute approximate surface area is 142 Å². The Balaban J connectivity index is 1.83. The Morgan fingerprint density at radius 3 is 2.83 bits per heavy atom. The fourth-order valence-corrected chi connectivity index (χ4v) is 4.33. The summed E-state index contributed by atoms with van der Waals surface area (Å²) in [4.78, 5) is 0.0362. The second-order valence-corrected chi connectivity index (χ2v) is 7.60. The highest BCUT2D eigenvalue weighted by Gasteiger charge is 2.24. The molecule has 0 saturated heterocycles. The van der Waals surface area contributed by atoms with E-state index >= 15 is 0 Å². The van der Waals surface area contributed by atoms with Crippen LogP contribution >= 0.6 is 0 Å². The second kappa shape index (κ2) is 6.73. The minimum atomic E-state index is -3.74. The number of hydrogen-bond acceptors (Lipinski definition) is 4. The van der Waals surface area contributed by atoms with E-state index in [-0.39, 0.29) is 23.0 Å². The van der Waals surface area contributed by atoms with Crippen LogP contribution in [0.2, 0.25) is 0 Å². The largest absolute Gasteiger partial charge is 0.308 e. The van der Waals surface area contributed by atoms with Crippen LogP contribution in [-0.4, -0.2) is 21.5 Å². The molecule has 2 aromatic carbocycles. The highest BCUT2D eigenvalue weighted by atomic mass is 32.2. The minimum absolute atomic E-state index is 0.0362. The number of benzene rings is 2. The number of aryl methyl sites for hydroxylation is 1. The molecule has 0 radical (unpaired) electrons. The second-order valence-electron chi connectivity index (χ2n) is 5.87. The van der Waals surface area contributed by atoms with Gasteiger partial charge in [0, 0.05) is 12.6 Å². The molecule has 0 spiro atoms. The van der Waals surface area contributed by atoms with Gasteiger partial charge in [0.05, 0.1) is 10.5 Å². The van der Waals surface area contributed by atoms with Gasteiger partial charge in [0.15, 0.2) is 0 Å². The molecule has 1 aliphatic heterocycles. The van der Waals surface area contributed by atoms with Gasteiger partial charge in [-0.1, -0.05) is 36.4 Å². The molecule has 124 valence electrons. The van der Waals surface area contributed by atoms with Crippen molar-refractivity contribution in [3.05, 3.63) is 64.7 Å². The summed E-state index contributed by atoms with van der Waals surface area (Å²) < 4.78 is 27.9. The van der Waals surface area contributed by atoms with Gasteiger partial charge in [-0.3, -0.25) is 0 Å². The quantitative estimate of drug-likeness (QED) is 0.891. The number of fused-ring (bicyclic) bond motifs is 1. The molecular formula is C18H19N3O2S. The minimum Gasteiger partial charge on any atom is -0.308 e. The molecule has 24 heavy (non-hydrogen) atoms. The molecule has 1 heterocycles. The molecule has 3 rings (SSSR count). The zero-order valence-corrected chi connectivity index (χ0v) is 14.2. The number of nitriles is 1. The monoisotopic (exact) mass is 341 g/mol. The van der Waals surface area contributed by atoms with Crippen LogP contribution in [-0.2, 0) is 16.4 Å². The molecular weight excluding hydrogens is 322 g/mol. The Bertz CT molecular complexity index is 901. The molecule has 2 aromatic rings. The predicted molar refractivity (Wildman–Crippen MR) is 92.0 cm³/mol. The third-order valence-electron chi connectivity index (χ3n) is 4.33. The first-order chi connectivity index (χ1) is 11.5. The molecule has 0 amide bonds. The molecule has 0 aliphatic carbocycles. The van der Waals surface area contributed by atoms with E-state index in [4.69, 9.17) is 0 Å². The maximum absolute atomic E-state index is 12.6. The maximum atomic E-state index is 12.6. The third-order valence-corrected chi connectivity index (χ3v) is 5.79. The molecule has 2 N–H and O–H groups in total. The predicted octanol–water partition coefficient (Wildman–Crippen LogP) is 2.03. The van der Waals surface area contributed by atoms with E-state index in [1.54, 1.807) is 19.1 Å². The average Bonchev–Trinajstić information content (AvgIpc) is 2.59. The summed E-state index contributed by atoms with van der Waals surface area (Å²) in [5, 5.41) is 12.6. The van der Waals surface area contributed by atoms with Crippen LogP contribution < -0.4 is 10.0 Å². The first-order valence-electron chi connectivity index (χ1n) is 7.83. The van der Waals surface area contributed by atoms with Gasteiger partial charge >= 0.3 is 0 Å². The lowest BCUT2D eigenvalue weighted by molar-refractivity contribution is 0.491. The van der Waals surface area contributed by atoms with Crippen molar-refractivity contribution in [3.63, 3.8) is 0 Å².